The summed E-state index contributed by atoms with van der Waals surface area (Å²) in [6.07, 6.45) is 0. The summed E-state index contributed by atoms with van der Waals surface area (Å²) in [5.41, 5.74) is 2.07. The number of carbonyl (C=O) groups is 1. The molecule has 24 heavy (non-hydrogen) atoms. The Balaban J connectivity index is 1.94. The van der Waals surface area contributed by atoms with Crippen molar-refractivity contribution in [3.8, 4) is 0 Å². The van der Waals surface area contributed by atoms with E-state index in [1.54, 1.807) is 0 Å². The number of amides is 1. The summed E-state index contributed by atoms with van der Waals surface area (Å²) in [5.74, 6) is 2.00. The second-order valence-corrected chi connectivity index (χ2v) is 6.46. The van der Waals surface area contributed by atoms with Gasteiger partial charge < -0.3 is 10.6 Å². The van der Waals surface area contributed by atoms with Crippen LogP contribution in [-0.4, -0.2) is 22.4 Å². The molecule has 128 valence electrons. The van der Waals surface area contributed by atoms with E-state index in [4.69, 9.17) is 0 Å². The van der Waals surface area contributed by atoms with Crippen LogP contribution in [0.4, 0.5) is 5.82 Å². The SMILES string of the molecule is CC(C)c1cc(NCC(=O)NCc2ccccc2)nc(C(C)C)n1. The Morgan fingerprint density at radius 3 is 2.38 bits per heavy atom. The van der Waals surface area contributed by atoms with Crippen molar-refractivity contribution in [2.24, 2.45) is 0 Å². The van der Waals surface area contributed by atoms with E-state index in [0.29, 0.717) is 18.3 Å². The first-order chi connectivity index (χ1) is 11.5. The third-order valence-electron chi connectivity index (χ3n) is 3.63. The van der Waals surface area contributed by atoms with Crippen molar-refractivity contribution in [2.45, 2.75) is 46.1 Å². The number of carbonyl (C=O) groups excluding carboxylic acids is 1. The Morgan fingerprint density at radius 1 is 1.04 bits per heavy atom. The highest BCUT2D eigenvalue weighted by Crippen LogP contribution is 2.19. The highest BCUT2D eigenvalue weighted by molar-refractivity contribution is 5.80. The number of nitrogens with zero attached hydrogens (tertiary/aromatic N) is 2. The summed E-state index contributed by atoms with van der Waals surface area (Å²) < 4.78 is 0. The molecular formula is C19H26N4O. The van der Waals surface area contributed by atoms with Crippen molar-refractivity contribution in [1.82, 2.24) is 15.3 Å². The molecule has 0 spiro atoms. The minimum atomic E-state index is -0.0605. The monoisotopic (exact) mass is 326 g/mol. The van der Waals surface area contributed by atoms with Gasteiger partial charge in [-0.1, -0.05) is 58.0 Å². The second-order valence-electron chi connectivity index (χ2n) is 6.46. The predicted octanol–water partition coefficient (Wildman–Crippen LogP) is 3.45. The molecule has 0 fully saturated rings. The third-order valence-corrected chi connectivity index (χ3v) is 3.63. The van der Waals surface area contributed by atoms with Gasteiger partial charge in [-0.3, -0.25) is 4.79 Å². The first-order valence-electron chi connectivity index (χ1n) is 8.39. The zero-order valence-electron chi connectivity index (χ0n) is 14.8. The summed E-state index contributed by atoms with van der Waals surface area (Å²) in [6.45, 7) is 9.05. The molecule has 0 bridgehead atoms. The smallest absolute Gasteiger partial charge is 0.239 e. The number of anilines is 1. The van der Waals surface area contributed by atoms with Gasteiger partial charge in [0.15, 0.2) is 0 Å². The fourth-order valence-corrected chi connectivity index (χ4v) is 2.16. The van der Waals surface area contributed by atoms with Gasteiger partial charge in [0, 0.05) is 24.2 Å². The Morgan fingerprint density at radius 2 is 1.75 bits per heavy atom. The number of benzene rings is 1. The molecular weight excluding hydrogens is 300 g/mol. The molecule has 2 aromatic rings. The summed E-state index contributed by atoms with van der Waals surface area (Å²) in [7, 11) is 0. The molecule has 5 nitrogen and oxygen atoms in total. The third kappa shape index (κ3) is 5.33. The van der Waals surface area contributed by atoms with Gasteiger partial charge in [0.25, 0.3) is 0 Å². The van der Waals surface area contributed by atoms with Crippen LogP contribution in [0.1, 0.15) is 56.6 Å². The normalized spacial score (nSPS) is 10.9. The molecule has 0 radical (unpaired) electrons. The van der Waals surface area contributed by atoms with Gasteiger partial charge in [-0.05, 0) is 11.5 Å². The molecule has 0 atom stereocenters. The lowest BCUT2D eigenvalue weighted by atomic mass is 10.1. The van der Waals surface area contributed by atoms with E-state index in [1.165, 1.54) is 0 Å². The maximum absolute atomic E-state index is 12.0. The van der Waals surface area contributed by atoms with Crippen molar-refractivity contribution in [3.63, 3.8) is 0 Å². The average molecular weight is 326 g/mol. The zero-order valence-corrected chi connectivity index (χ0v) is 14.8. The van der Waals surface area contributed by atoms with Gasteiger partial charge in [0.05, 0.1) is 6.54 Å². The Bertz CT molecular complexity index is 642. The van der Waals surface area contributed by atoms with Crippen LogP contribution in [0.25, 0.3) is 0 Å². The molecule has 1 heterocycles. The number of aromatic nitrogens is 2. The minimum absolute atomic E-state index is 0.0605. The van der Waals surface area contributed by atoms with E-state index in [1.807, 2.05) is 36.4 Å². The molecule has 0 aliphatic carbocycles. The molecule has 1 aromatic heterocycles. The second kappa shape index (κ2) is 8.43. The molecule has 0 aliphatic rings. The maximum Gasteiger partial charge on any atom is 0.239 e. The van der Waals surface area contributed by atoms with Crippen molar-refractivity contribution < 1.29 is 4.79 Å². The quantitative estimate of drug-likeness (QED) is 0.818. The predicted molar refractivity (Wildman–Crippen MR) is 97.0 cm³/mol. The Kier molecular flexibility index (Phi) is 6.29. The van der Waals surface area contributed by atoms with Crippen LogP contribution in [0, 0.1) is 0 Å². The van der Waals surface area contributed by atoms with Gasteiger partial charge >= 0.3 is 0 Å². The highest BCUT2D eigenvalue weighted by atomic mass is 16.1. The average Bonchev–Trinajstić information content (AvgIpc) is 2.58. The lowest BCUT2D eigenvalue weighted by Crippen LogP contribution is -2.29. The maximum atomic E-state index is 12.0. The summed E-state index contributed by atoms with van der Waals surface area (Å²) in [6, 6.07) is 11.8. The van der Waals surface area contributed by atoms with Gasteiger partial charge in [0.1, 0.15) is 11.6 Å². The molecule has 1 amide bonds. The van der Waals surface area contributed by atoms with Gasteiger partial charge in [-0.25, -0.2) is 9.97 Å². The zero-order chi connectivity index (χ0) is 17.5. The van der Waals surface area contributed by atoms with E-state index in [-0.39, 0.29) is 18.4 Å². The molecule has 2 N–H and O–H groups in total. The van der Waals surface area contributed by atoms with Crippen LogP contribution in [0.2, 0.25) is 0 Å². The van der Waals surface area contributed by atoms with Crippen molar-refractivity contribution in [3.05, 3.63) is 53.5 Å². The van der Waals surface area contributed by atoms with E-state index in [9.17, 15) is 4.79 Å². The molecule has 0 saturated heterocycles. The fraction of sp³-hybridized carbons (Fsp3) is 0.421. The summed E-state index contributed by atoms with van der Waals surface area (Å²) in [5, 5.41) is 6.01. The molecule has 5 heteroatoms. The van der Waals surface area contributed by atoms with Gasteiger partial charge in [0.2, 0.25) is 5.91 Å². The van der Waals surface area contributed by atoms with E-state index >= 15 is 0 Å². The number of nitrogens with one attached hydrogen (secondary N) is 2. The standard InChI is InChI=1S/C19H26N4O/c1-13(2)16-10-17(23-19(22-16)14(3)4)20-12-18(24)21-11-15-8-6-5-7-9-15/h5-10,13-14H,11-12H2,1-4H3,(H,21,24)(H,20,22,23). The molecule has 2 rings (SSSR count). The highest BCUT2D eigenvalue weighted by Gasteiger charge is 2.11. The topological polar surface area (TPSA) is 66.9 Å². The van der Waals surface area contributed by atoms with Crippen molar-refractivity contribution >= 4 is 11.7 Å². The number of hydrogen-bond donors (Lipinski definition) is 2. The van der Waals surface area contributed by atoms with Gasteiger partial charge in [-0.15, -0.1) is 0 Å². The Hall–Kier alpha value is -2.43. The van der Waals surface area contributed by atoms with Crippen LogP contribution >= 0.6 is 0 Å². The lowest BCUT2D eigenvalue weighted by molar-refractivity contribution is -0.119. The first-order valence-corrected chi connectivity index (χ1v) is 8.39. The van der Waals surface area contributed by atoms with Crippen LogP contribution in [-0.2, 0) is 11.3 Å². The van der Waals surface area contributed by atoms with Crippen molar-refractivity contribution in [1.29, 1.82) is 0 Å². The number of rotatable bonds is 7. The first kappa shape index (κ1) is 17.9. The van der Waals surface area contributed by atoms with E-state index in [2.05, 4.69) is 48.3 Å². The van der Waals surface area contributed by atoms with Crippen molar-refractivity contribution in [2.75, 3.05) is 11.9 Å². The molecule has 0 saturated carbocycles. The van der Waals surface area contributed by atoms with Gasteiger partial charge in [-0.2, -0.15) is 0 Å². The van der Waals surface area contributed by atoms with Crippen LogP contribution in [0.5, 0.6) is 0 Å². The fourth-order valence-electron chi connectivity index (χ4n) is 2.16. The molecule has 0 aliphatic heterocycles. The molecule has 1 aromatic carbocycles. The van der Waals surface area contributed by atoms with Crippen LogP contribution in [0.15, 0.2) is 36.4 Å². The number of hydrogen-bond acceptors (Lipinski definition) is 4. The van der Waals surface area contributed by atoms with E-state index in [0.717, 1.165) is 17.1 Å². The van der Waals surface area contributed by atoms with Crippen LogP contribution in [0.3, 0.4) is 0 Å². The Labute approximate surface area is 143 Å². The summed E-state index contributed by atoms with van der Waals surface area (Å²) >= 11 is 0. The lowest BCUT2D eigenvalue weighted by Gasteiger charge is -2.13. The van der Waals surface area contributed by atoms with Crippen LogP contribution < -0.4 is 10.6 Å². The van der Waals surface area contributed by atoms with E-state index < -0.39 is 0 Å². The minimum Gasteiger partial charge on any atom is -0.361 e. The largest absolute Gasteiger partial charge is 0.361 e. The molecule has 0 unspecified atom stereocenters. The summed E-state index contributed by atoms with van der Waals surface area (Å²) in [4.78, 5) is 21.1.